The number of benzene rings is 2. The monoisotopic (exact) mass is 352 g/mol. The largest absolute Gasteiger partial charge is 0.302 e. The van der Waals surface area contributed by atoms with E-state index in [0.717, 1.165) is 26.9 Å². The highest BCUT2D eigenvalue weighted by atomic mass is 32.1. The van der Waals surface area contributed by atoms with Gasteiger partial charge in [0.25, 0.3) is 0 Å². The van der Waals surface area contributed by atoms with E-state index in [9.17, 15) is 9.59 Å². The molecule has 0 saturated carbocycles. The van der Waals surface area contributed by atoms with Crippen molar-refractivity contribution in [2.75, 3.05) is 5.32 Å². The number of ketones is 1. The first-order valence-electron chi connectivity index (χ1n) is 8.20. The molecular formula is C20H20N2O2S. The number of Topliss-reactive ketones (excluding diaryl/α,β-unsaturated/α-hetero) is 1. The lowest BCUT2D eigenvalue weighted by atomic mass is 10.0. The van der Waals surface area contributed by atoms with Crippen LogP contribution in [0, 0.1) is 20.8 Å². The topological polar surface area (TPSA) is 59.1 Å². The minimum absolute atomic E-state index is 0.0154. The smallest absolute Gasteiger partial charge is 0.226 e. The molecule has 0 spiro atoms. The number of nitrogens with zero attached hydrogens (tertiary/aromatic N) is 1. The van der Waals surface area contributed by atoms with Gasteiger partial charge < -0.3 is 5.32 Å². The summed E-state index contributed by atoms with van der Waals surface area (Å²) in [5, 5.41) is 3.38. The van der Waals surface area contributed by atoms with E-state index < -0.39 is 0 Å². The molecule has 3 aromatic rings. The molecule has 0 atom stereocenters. The zero-order valence-electron chi connectivity index (χ0n) is 14.6. The van der Waals surface area contributed by atoms with Crippen molar-refractivity contribution in [2.45, 2.75) is 33.6 Å². The van der Waals surface area contributed by atoms with Gasteiger partial charge in [-0.1, -0.05) is 35.6 Å². The van der Waals surface area contributed by atoms with E-state index in [1.54, 1.807) is 0 Å². The Morgan fingerprint density at radius 3 is 2.52 bits per heavy atom. The molecule has 5 heteroatoms. The molecule has 0 aliphatic rings. The number of hydrogen-bond donors (Lipinski definition) is 1. The molecule has 0 aliphatic heterocycles. The third kappa shape index (κ3) is 3.94. The normalized spacial score (nSPS) is 10.8. The van der Waals surface area contributed by atoms with Crippen LogP contribution < -0.4 is 5.32 Å². The Hall–Kier alpha value is -2.53. The van der Waals surface area contributed by atoms with Crippen molar-refractivity contribution < 1.29 is 9.59 Å². The number of anilines is 1. The average molecular weight is 352 g/mol. The quantitative estimate of drug-likeness (QED) is 0.670. The van der Waals surface area contributed by atoms with Gasteiger partial charge in [-0.15, -0.1) is 0 Å². The third-order valence-corrected chi connectivity index (χ3v) is 5.21. The fraction of sp³-hybridized carbons (Fsp3) is 0.250. The van der Waals surface area contributed by atoms with Gasteiger partial charge in [0.15, 0.2) is 10.9 Å². The average Bonchev–Trinajstić information content (AvgIpc) is 2.99. The van der Waals surface area contributed by atoms with Gasteiger partial charge in [-0.3, -0.25) is 9.59 Å². The van der Waals surface area contributed by atoms with Crippen LogP contribution in [0.4, 0.5) is 5.13 Å². The second kappa shape index (κ2) is 7.15. The number of aromatic nitrogens is 1. The molecule has 0 radical (unpaired) electrons. The van der Waals surface area contributed by atoms with E-state index in [1.807, 2.05) is 57.2 Å². The molecule has 0 saturated heterocycles. The lowest BCUT2D eigenvalue weighted by molar-refractivity contribution is -0.116. The zero-order valence-corrected chi connectivity index (χ0v) is 15.4. The number of para-hydroxylation sites is 1. The highest BCUT2D eigenvalue weighted by molar-refractivity contribution is 7.22. The molecule has 0 aliphatic carbocycles. The van der Waals surface area contributed by atoms with Crippen LogP contribution >= 0.6 is 11.3 Å². The number of thiazole rings is 1. The van der Waals surface area contributed by atoms with Crippen molar-refractivity contribution in [3.8, 4) is 0 Å². The molecule has 3 rings (SSSR count). The van der Waals surface area contributed by atoms with Crippen LogP contribution in [0.1, 0.15) is 39.9 Å². The Balaban J connectivity index is 1.61. The van der Waals surface area contributed by atoms with Crippen molar-refractivity contribution in [2.24, 2.45) is 0 Å². The number of hydrogen-bond acceptors (Lipinski definition) is 4. The van der Waals surface area contributed by atoms with Crippen molar-refractivity contribution in [1.82, 2.24) is 4.98 Å². The molecule has 0 unspecified atom stereocenters. The van der Waals surface area contributed by atoms with Crippen molar-refractivity contribution in [1.29, 1.82) is 0 Å². The lowest BCUT2D eigenvalue weighted by Gasteiger charge is -2.05. The summed E-state index contributed by atoms with van der Waals surface area (Å²) in [7, 11) is 0. The highest BCUT2D eigenvalue weighted by Gasteiger charge is 2.12. The molecule has 1 amide bonds. The van der Waals surface area contributed by atoms with Gasteiger partial charge in [0.2, 0.25) is 5.91 Å². The summed E-state index contributed by atoms with van der Waals surface area (Å²) in [5.74, 6) is -0.202. The fourth-order valence-electron chi connectivity index (χ4n) is 2.61. The number of carbonyl (C=O) groups is 2. The maximum absolute atomic E-state index is 12.3. The SMILES string of the molecule is Cc1ccc(C(=O)CCC(=O)Nc2nc3c(C)cccc3s2)cc1C. The van der Waals surface area contributed by atoms with E-state index in [2.05, 4.69) is 10.3 Å². The molecule has 1 aromatic heterocycles. The van der Waals surface area contributed by atoms with Gasteiger partial charge in [-0.25, -0.2) is 4.98 Å². The number of fused-ring (bicyclic) bond motifs is 1. The maximum atomic E-state index is 12.3. The summed E-state index contributed by atoms with van der Waals surface area (Å²) in [4.78, 5) is 28.9. The lowest BCUT2D eigenvalue weighted by Crippen LogP contribution is -2.13. The predicted molar refractivity (Wildman–Crippen MR) is 102 cm³/mol. The van der Waals surface area contributed by atoms with Gasteiger partial charge >= 0.3 is 0 Å². The summed E-state index contributed by atoms with van der Waals surface area (Å²) >= 11 is 1.45. The summed E-state index contributed by atoms with van der Waals surface area (Å²) < 4.78 is 1.04. The van der Waals surface area contributed by atoms with Gasteiger partial charge in [0.1, 0.15) is 0 Å². The van der Waals surface area contributed by atoms with Gasteiger partial charge in [0.05, 0.1) is 10.2 Å². The first-order valence-corrected chi connectivity index (χ1v) is 9.02. The standard InChI is InChI=1S/C20H20N2O2S/c1-12-7-8-15(11-14(12)3)16(23)9-10-18(24)21-20-22-19-13(2)5-4-6-17(19)25-20/h4-8,11H,9-10H2,1-3H3,(H,21,22,24). The molecule has 1 heterocycles. The maximum Gasteiger partial charge on any atom is 0.226 e. The van der Waals surface area contributed by atoms with Gasteiger partial charge in [-0.05, 0) is 49.6 Å². The number of amides is 1. The Morgan fingerprint density at radius 2 is 1.80 bits per heavy atom. The number of carbonyl (C=O) groups excluding carboxylic acids is 2. The number of rotatable bonds is 5. The van der Waals surface area contributed by atoms with E-state index in [1.165, 1.54) is 11.3 Å². The van der Waals surface area contributed by atoms with Crippen LogP contribution in [0.5, 0.6) is 0 Å². The zero-order chi connectivity index (χ0) is 18.0. The van der Waals surface area contributed by atoms with Crippen LogP contribution in [0.3, 0.4) is 0 Å². The molecular weight excluding hydrogens is 332 g/mol. The second-order valence-electron chi connectivity index (χ2n) is 6.21. The van der Waals surface area contributed by atoms with Crippen LogP contribution in [0.25, 0.3) is 10.2 Å². The van der Waals surface area contributed by atoms with Crippen molar-refractivity contribution in [3.05, 3.63) is 58.7 Å². The molecule has 25 heavy (non-hydrogen) atoms. The van der Waals surface area contributed by atoms with Crippen LogP contribution in [-0.2, 0) is 4.79 Å². The minimum Gasteiger partial charge on any atom is -0.302 e. The van der Waals surface area contributed by atoms with Gasteiger partial charge in [0, 0.05) is 18.4 Å². The summed E-state index contributed by atoms with van der Waals surface area (Å²) in [5.41, 5.74) is 4.89. The minimum atomic E-state index is -0.186. The summed E-state index contributed by atoms with van der Waals surface area (Å²) in [6.07, 6.45) is 0.346. The van der Waals surface area contributed by atoms with E-state index in [4.69, 9.17) is 0 Å². The number of nitrogens with one attached hydrogen (secondary N) is 1. The summed E-state index contributed by atoms with van der Waals surface area (Å²) in [6.45, 7) is 5.99. The predicted octanol–water partition coefficient (Wildman–Crippen LogP) is 4.82. The van der Waals surface area contributed by atoms with Crippen LogP contribution in [0.15, 0.2) is 36.4 Å². The fourth-order valence-corrected chi connectivity index (χ4v) is 3.57. The van der Waals surface area contributed by atoms with E-state index in [-0.39, 0.29) is 24.5 Å². The van der Waals surface area contributed by atoms with E-state index in [0.29, 0.717) is 10.7 Å². The molecule has 1 N–H and O–H groups in total. The Labute approximate surface area is 150 Å². The molecule has 4 nitrogen and oxygen atoms in total. The first-order chi connectivity index (χ1) is 11.9. The Kier molecular flexibility index (Phi) is 4.95. The van der Waals surface area contributed by atoms with Crippen molar-refractivity contribution in [3.63, 3.8) is 0 Å². The second-order valence-corrected chi connectivity index (χ2v) is 7.24. The van der Waals surface area contributed by atoms with Crippen LogP contribution in [-0.4, -0.2) is 16.7 Å². The first kappa shape index (κ1) is 17.3. The Bertz CT molecular complexity index is 959. The molecule has 128 valence electrons. The van der Waals surface area contributed by atoms with E-state index >= 15 is 0 Å². The van der Waals surface area contributed by atoms with Crippen molar-refractivity contribution >= 4 is 38.4 Å². The van der Waals surface area contributed by atoms with Gasteiger partial charge in [-0.2, -0.15) is 0 Å². The highest BCUT2D eigenvalue weighted by Crippen LogP contribution is 2.28. The summed E-state index contributed by atoms with van der Waals surface area (Å²) in [6, 6.07) is 11.6. The molecule has 0 bridgehead atoms. The third-order valence-electron chi connectivity index (χ3n) is 4.28. The Morgan fingerprint density at radius 1 is 1.00 bits per heavy atom. The molecule has 0 fully saturated rings. The van der Waals surface area contributed by atoms with Crippen LogP contribution in [0.2, 0.25) is 0 Å². The molecule has 2 aromatic carbocycles. The number of aryl methyl sites for hydroxylation is 3.